The Labute approximate surface area is 177 Å². The van der Waals surface area contributed by atoms with Gasteiger partial charge in [-0.3, -0.25) is 4.90 Å². The normalized spacial score (nSPS) is 20.0. The van der Waals surface area contributed by atoms with Gasteiger partial charge in [-0.25, -0.2) is 4.79 Å². The summed E-state index contributed by atoms with van der Waals surface area (Å²) >= 11 is 12.0. The minimum absolute atomic E-state index is 0.0653. The van der Waals surface area contributed by atoms with E-state index in [-0.39, 0.29) is 12.1 Å². The van der Waals surface area contributed by atoms with Crippen molar-refractivity contribution >= 4 is 29.2 Å². The summed E-state index contributed by atoms with van der Waals surface area (Å²) in [5.41, 5.74) is 2.24. The van der Waals surface area contributed by atoms with E-state index in [0.29, 0.717) is 22.5 Å². The molecule has 1 aliphatic rings. The van der Waals surface area contributed by atoms with Gasteiger partial charge in [-0.1, -0.05) is 66.5 Å². The van der Waals surface area contributed by atoms with E-state index in [1.807, 2.05) is 24.1 Å². The Kier molecular flexibility index (Phi) is 7.22. The number of amides is 2. The van der Waals surface area contributed by atoms with Crippen LogP contribution in [0.4, 0.5) is 4.79 Å². The molecule has 1 aliphatic heterocycles. The topological polar surface area (TPSA) is 35.6 Å². The van der Waals surface area contributed by atoms with Crippen molar-refractivity contribution in [1.29, 1.82) is 0 Å². The molecule has 2 aromatic rings. The standard InChI is InChI=1S/C22H27Cl2N3O/c1-16-10-11-27(14-17-6-4-3-5-7-17)15-21(16)26(2)22(28)25-13-18-8-9-19(23)20(24)12-18/h3-9,12,16,21H,10-11,13-15H2,1-2H3,(H,25,28)/t16-,21+/m1/s1. The van der Waals surface area contributed by atoms with E-state index < -0.39 is 0 Å². The fourth-order valence-electron chi connectivity index (χ4n) is 3.71. The second-order valence-corrected chi connectivity index (χ2v) is 8.39. The maximum Gasteiger partial charge on any atom is 0.317 e. The average Bonchev–Trinajstić information content (AvgIpc) is 2.70. The molecule has 1 fully saturated rings. The summed E-state index contributed by atoms with van der Waals surface area (Å²) in [7, 11) is 1.89. The second kappa shape index (κ2) is 9.64. The van der Waals surface area contributed by atoms with Crippen LogP contribution in [0.5, 0.6) is 0 Å². The van der Waals surface area contributed by atoms with Crippen molar-refractivity contribution in [2.45, 2.75) is 32.5 Å². The molecular formula is C22H27Cl2N3O. The Morgan fingerprint density at radius 3 is 2.61 bits per heavy atom. The van der Waals surface area contributed by atoms with Gasteiger partial charge in [-0.05, 0) is 42.1 Å². The van der Waals surface area contributed by atoms with E-state index >= 15 is 0 Å². The lowest BCUT2D eigenvalue weighted by Crippen LogP contribution is -2.54. The summed E-state index contributed by atoms with van der Waals surface area (Å²) in [4.78, 5) is 17.0. The summed E-state index contributed by atoms with van der Waals surface area (Å²) < 4.78 is 0. The number of likely N-dealkylation sites (N-methyl/N-ethyl adjacent to an activating group) is 1. The Morgan fingerprint density at radius 2 is 1.89 bits per heavy atom. The predicted octanol–water partition coefficient (Wildman–Crippen LogP) is 5.05. The Hall–Kier alpha value is -1.75. The van der Waals surface area contributed by atoms with Gasteiger partial charge in [0.1, 0.15) is 0 Å². The van der Waals surface area contributed by atoms with Gasteiger partial charge in [0.05, 0.1) is 10.0 Å². The minimum Gasteiger partial charge on any atom is -0.334 e. The van der Waals surface area contributed by atoms with Gasteiger partial charge in [0.15, 0.2) is 0 Å². The number of benzene rings is 2. The van der Waals surface area contributed by atoms with Gasteiger partial charge in [0.2, 0.25) is 0 Å². The largest absolute Gasteiger partial charge is 0.334 e. The fourth-order valence-corrected chi connectivity index (χ4v) is 4.03. The van der Waals surface area contributed by atoms with Crippen molar-refractivity contribution in [3.63, 3.8) is 0 Å². The smallest absolute Gasteiger partial charge is 0.317 e. The number of rotatable bonds is 5. The molecule has 0 radical (unpaired) electrons. The maximum atomic E-state index is 12.7. The van der Waals surface area contributed by atoms with Gasteiger partial charge in [-0.15, -0.1) is 0 Å². The van der Waals surface area contributed by atoms with Gasteiger partial charge in [-0.2, -0.15) is 0 Å². The lowest BCUT2D eigenvalue weighted by atomic mass is 9.92. The van der Waals surface area contributed by atoms with E-state index in [9.17, 15) is 4.79 Å². The zero-order valence-corrected chi connectivity index (χ0v) is 17.9. The maximum absolute atomic E-state index is 12.7. The molecule has 0 unspecified atom stereocenters. The molecule has 28 heavy (non-hydrogen) atoms. The summed E-state index contributed by atoms with van der Waals surface area (Å²) in [5.74, 6) is 0.466. The van der Waals surface area contributed by atoms with Gasteiger partial charge in [0.25, 0.3) is 0 Å². The van der Waals surface area contributed by atoms with Crippen LogP contribution in [-0.2, 0) is 13.1 Å². The Balaban J connectivity index is 1.56. The first kappa shape index (κ1) is 21.0. The molecular weight excluding hydrogens is 393 g/mol. The van der Waals surface area contributed by atoms with Crippen LogP contribution in [0.15, 0.2) is 48.5 Å². The van der Waals surface area contributed by atoms with Gasteiger partial charge >= 0.3 is 6.03 Å². The van der Waals surface area contributed by atoms with Crippen molar-refractivity contribution in [2.24, 2.45) is 5.92 Å². The van der Waals surface area contributed by atoms with Crippen LogP contribution in [0.2, 0.25) is 10.0 Å². The molecule has 150 valence electrons. The third-order valence-corrected chi connectivity index (χ3v) is 6.24. The Morgan fingerprint density at radius 1 is 1.14 bits per heavy atom. The van der Waals surface area contributed by atoms with Crippen LogP contribution in [-0.4, -0.2) is 42.0 Å². The van der Waals surface area contributed by atoms with Crippen LogP contribution < -0.4 is 5.32 Å². The number of likely N-dealkylation sites (tertiary alicyclic amines) is 1. The molecule has 0 bridgehead atoms. The zero-order chi connectivity index (χ0) is 20.1. The van der Waals surface area contributed by atoms with Crippen molar-refractivity contribution in [2.75, 3.05) is 20.1 Å². The first-order chi connectivity index (χ1) is 13.4. The molecule has 2 amide bonds. The summed E-state index contributed by atoms with van der Waals surface area (Å²) in [6.45, 7) is 5.52. The molecule has 4 nitrogen and oxygen atoms in total. The summed E-state index contributed by atoms with van der Waals surface area (Å²) in [5, 5.41) is 4.01. The zero-order valence-electron chi connectivity index (χ0n) is 16.4. The number of hydrogen-bond acceptors (Lipinski definition) is 2. The number of urea groups is 1. The quantitative estimate of drug-likeness (QED) is 0.735. The molecule has 0 aliphatic carbocycles. The van der Waals surface area contributed by atoms with E-state index in [1.54, 1.807) is 12.1 Å². The lowest BCUT2D eigenvalue weighted by molar-refractivity contribution is 0.0854. The van der Waals surface area contributed by atoms with Crippen LogP contribution in [0, 0.1) is 5.92 Å². The Bertz CT molecular complexity index is 800. The van der Waals surface area contributed by atoms with E-state index in [2.05, 4.69) is 41.4 Å². The first-order valence-electron chi connectivity index (χ1n) is 9.65. The number of piperidine rings is 1. The molecule has 1 N–H and O–H groups in total. The van der Waals surface area contributed by atoms with Crippen LogP contribution in [0.3, 0.4) is 0 Å². The fraction of sp³-hybridized carbons (Fsp3) is 0.409. The minimum atomic E-state index is -0.0653. The molecule has 6 heteroatoms. The molecule has 2 aromatic carbocycles. The van der Waals surface area contributed by atoms with Crippen LogP contribution >= 0.6 is 23.2 Å². The number of carbonyl (C=O) groups is 1. The molecule has 2 atom stereocenters. The first-order valence-corrected chi connectivity index (χ1v) is 10.4. The third-order valence-electron chi connectivity index (χ3n) is 5.50. The number of halogens is 2. The third kappa shape index (κ3) is 5.40. The van der Waals surface area contributed by atoms with Crippen LogP contribution in [0.1, 0.15) is 24.5 Å². The summed E-state index contributed by atoms with van der Waals surface area (Å²) in [6.07, 6.45) is 1.09. The average molecular weight is 420 g/mol. The van der Waals surface area contributed by atoms with Crippen molar-refractivity contribution in [3.8, 4) is 0 Å². The monoisotopic (exact) mass is 419 g/mol. The molecule has 1 heterocycles. The highest BCUT2D eigenvalue weighted by Crippen LogP contribution is 2.24. The lowest BCUT2D eigenvalue weighted by Gasteiger charge is -2.41. The highest BCUT2D eigenvalue weighted by Gasteiger charge is 2.31. The SMILES string of the molecule is C[C@@H]1CCN(Cc2ccccc2)C[C@@H]1N(C)C(=O)NCc1ccc(Cl)c(Cl)c1. The predicted molar refractivity (Wildman–Crippen MR) is 116 cm³/mol. The van der Waals surface area contributed by atoms with E-state index in [1.165, 1.54) is 5.56 Å². The molecule has 0 aromatic heterocycles. The van der Waals surface area contributed by atoms with E-state index in [0.717, 1.165) is 31.6 Å². The van der Waals surface area contributed by atoms with Gasteiger partial charge < -0.3 is 10.2 Å². The number of nitrogens with one attached hydrogen (secondary N) is 1. The van der Waals surface area contributed by atoms with E-state index in [4.69, 9.17) is 23.2 Å². The highest BCUT2D eigenvalue weighted by atomic mass is 35.5. The highest BCUT2D eigenvalue weighted by molar-refractivity contribution is 6.42. The van der Waals surface area contributed by atoms with Crippen molar-refractivity contribution < 1.29 is 4.79 Å². The second-order valence-electron chi connectivity index (χ2n) is 7.57. The van der Waals surface area contributed by atoms with Crippen molar-refractivity contribution in [3.05, 3.63) is 69.7 Å². The number of nitrogens with zero attached hydrogens (tertiary/aromatic N) is 2. The molecule has 0 spiro atoms. The number of carbonyl (C=O) groups excluding carboxylic acids is 1. The number of hydrogen-bond donors (Lipinski definition) is 1. The van der Waals surface area contributed by atoms with Gasteiger partial charge in [0, 0.05) is 32.7 Å². The van der Waals surface area contributed by atoms with Crippen molar-refractivity contribution in [1.82, 2.24) is 15.1 Å². The van der Waals surface area contributed by atoms with Crippen LogP contribution in [0.25, 0.3) is 0 Å². The molecule has 0 saturated carbocycles. The molecule has 1 saturated heterocycles. The molecule has 3 rings (SSSR count). The summed E-state index contributed by atoms with van der Waals surface area (Å²) in [6, 6.07) is 16.0.